The zero-order valence-electron chi connectivity index (χ0n) is 7.41. The SMILES string of the molecule is COc1cc(CC[C@H](C)N)on1. The minimum absolute atomic E-state index is 0.195. The van der Waals surface area contributed by atoms with E-state index in [4.69, 9.17) is 15.0 Å². The summed E-state index contributed by atoms with van der Waals surface area (Å²) in [4.78, 5) is 0. The summed E-state index contributed by atoms with van der Waals surface area (Å²) in [5.74, 6) is 1.35. The molecule has 0 fully saturated rings. The third kappa shape index (κ3) is 2.54. The molecule has 1 atom stereocenters. The molecule has 1 heterocycles. The van der Waals surface area contributed by atoms with Gasteiger partial charge in [-0.15, -0.1) is 0 Å². The van der Waals surface area contributed by atoms with Gasteiger partial charge in [-0.3, -0.25) is 0 Å². The molecule has 4 nitrogen and oxygen atoms in total. The Morgan fingerprint density at radius 1 is 1.75 bits per heavy atom. The predicted molar refractivity (Wildman–Crippen MR) is 45.0 cm³/mol. The van der Waals surface area contributed by atoms with Gasteiger partial charge in [0.2, 0.25) is 0 Å². The van der Waals surface area contributed by atoms with E-state index < -0.39 is 0 Å². The Kier molecular flexibility index (Phi) is 3.10. The quantitative estimate of drug-likeness (QED) is 0.731. The van der Waals surface area contributed by atoms with Crippen molar-refractivity contribution in [1.29, 1.82) is 0 Å². The van der Waals surface area contributed by atoms with Crippen LogP contribution in [0.1, 0.15) is 19.1 Å². The maximum Gasteiger partial charge on any atom is 0.254 e. The van der Waals surface area contributed by atoms with Crippen LogP contribution in [0.25, 0.3) is 0 Å². The first-order valence-electron chi connectivity index (χ1n) is 3.97. The summed E-state index contributed by atoms with van der Waals surface area (Å²) in [6.45, 7) is 1.97. The number of methoxy groups -OCH3 is 1. The van der Waals surface area contributed by atoms with E-state index in [1.54, 1.807) is 13.2 Å². The highest BCUT2D eigenvalue weighted by Gasteiger charge is 2.04. The van der Waals surface area contributed by atoms with Gasteiger partial charge < -0.3 is 15.0 Å². The zero-order valence-corrected chi connectivity index (χ0v) is 7.41. The minimum Gasteiger partial charge on any atom is -0.479 e. The van der Waals surface area contributed by atoms with Crippen molar-refractivity contribution in [2.75, 3.05) is 7.11 Å². The number of aryl methyl sites for hydroxylation is 1. The third-order valence-electron chi connectivity index (χ3n) is 1.59. The molecule has 0 aliphatic rings. The van der Waals surface area contributed by atoms with Crippen molar-refractivity contribution in [3.8, 4) is 5.88 Å². The molecule has 0 aromatic carbocycles. The van der Waals surface area contributed by atoms with Crippen LogP contribution in [0.2, 0.25) is 0 Å². The van der Waals surface area contributed by atoms with E-state index in [0.29, 0.717) is 5.88 Å². The highest BCUT2D eigenvalue weighted by atomic mass is 16.5. The second-order valence-corrected chi connectivity index (χ2v) is 2.85. The van der Waals surface area contributed by atoms with E-state index in [2.05, 4.69) is 5.16 Å². The fourth-order valence-electron chi connectivity index (χ4n) is 0.878. The summed E-state index contributed by atoms with van der Waals surface area (Å²) in [5, 5.41) is 3.67. The Labute approximate surface area is 71.7 Å². The van der Waals surface area contributed by atoms with E-state index in [9.17, 15) is 0 Å². The smallest absolute Gasteiger partial charge is 0.254 e. The van der Waals surface area contributed by atoms with E-state index >= 15 is 0 Å². The van der Waals surface area contributed by atoms with Gasteiger partial charge in [-0.2, -0.15) is 0 Å². The van der Waals surface area contributed by atoms with E-state index in [1.165, 1.54) is 0 Å². The summed E-state index contributed by atoms with van der Waals surface area (Å²) < 4.78 is 9.84. The monoisotopic (exact) mass is 170 g/mol. The average molecular weight is 170 g/mol. The van der Waals surface area contributed by atoms with Crippen molar-refractivity contribution in [1.82, 2.24) is 5.16 Å². The fraction of sp³-hybridized carbons (Fsp3) is 0.625. The van der Waals surface area contributed by atoms with Gasteiger partial charge in [0.1, 0.15) is 5.76 Å². The molecule has 1 aromatic rings. The Balaban J connectivity index is 2.41. The van der Waals surface area contributed by atoms with Gasteiger partial charge in [-0.25, -0.2) is 0 Å². The standard InChI is InChI=1S/C8H14N2O2/c1-6(9)3-4-7-5-8(11-2)10-12-7/h5-6H,3-4,9H2,1-2H3/t6-/m0/s1. The number of ether oxygens (including phenoxy) is 1. The Morgan fingerprint density at radius 2 is 2.50 bits per heavy atom. The molecule has 0 aliphatic carbocycles. The van der Waals surface area contributed by atoms with Crippen molar-refractivity contribution < 1.29 is 9.26 Å². The van der Waals surface area contributed by atoms with Crippen LogP contribution in [-0.2, 0) is 6.42 Å². The molecule has 0 unspecified atom stereocenters. The van der Waals surface area contributed by atoms with Crippen molar-refractivity contribution >= 4 is 0 Å². The molecule has 0 bridgehead atoms. The van der Waals surface area contributed by atoms with Gasteiger partial charge in [-0.1, -0.05) is 0 Å². The molecule has 0 radical (unpaired) electrons. The van der Waals surface area contributed by atoms with Gasteiger partial charge in [-0.05, 0) is 18.5 Å². The van der Waals surface area contributed by atoms with Crippen molar-refractivity contribution in [2.45, 2.75) is 25.8 Å². The van der Waals surface area contributed by atoms with E-state index in [1.807, 2.05) is 6.92 Å². The molecule has 12 heavy (non-hydrogen) atoms. The van der Waals surface area contributed by atoms with Crippen LogP contribution < -0.4 is 10.5 Å². The first-order valence-corrected chi connectivity index (χ1v) is 3.97. The lowest BCUT2D eigenvalue weighted by Crippen LogP contribution is -2.15. The van der Waals surface area contributed by atoms with Crippen LogP contribution in [0.15, 0.2) is 10.6 Å². The highest BCUT2D eigenvalue weighted by molar-refractivity contribution is 5.10. The Morgan fingerprint density at radius 3 is 3.00 bits per heavy atom. The molecule has 0 saturated heterocycles. The van der Waals surface area contributed by atoms with Crippen LogP contribution in [0.5, 0.6) is 5.88 Å². The van der Waals surface area contributed by atoms with Gasteiger partial charge in [0.05, 0.1) is 7.11 Å². The summed E-state index contributed by atoms with van der Waals surface area (Å²) in [6.07, 6.45) is 1.71. The Hall–Kier alpha value is -1.03. The number of nitrogens with zero attached hydrogens (tertiary/aromatic N) is 1. The highest BCUT2D eigenvalue weighted by Crippen LogP contribution is 2.12. The minimum atomic E-state index is 0.195. The molecule has 1 aromatic heterocycles. The molecular weight excluding hydrogens is 156 g/mol. The fourth-order valence-corrected chi connectivity index (χ4v) is 0.878. The summed E-state index contributed by atoms with van der Waals surface area (Å²) in [6, 6.07) is 1.98. The first kappa shape index (κ1) is 9.06. The molecule has 4 heteroatoms. The molecule has 0 amide bonds. The number of aromatic nitrogens is 1. The largest absolute Gasteiger partial charge is 0.479 e. The topological polar surface area (TPSA) is 61.3 Å². The maximum atomic E-state index is 5.59. The van der Waals surface area contributed by atoms with Gasteiger partial charge >= 0.3 is 0 Å². The third-order valence-corrected chi connectivity index (χ3v) is 1.59. The molecule has 1 rings (SSSR count). The molecule has 2 N–H and O–H groups in total. The van der Waals surface area contributed by atoms with Crippen LogP contribution in [-0.4, -0.2) is 18.3 Å². The first-order chi connectivity index (χ1) is 5.72. The normalized spacial score (nSPS) is 12.9. The van der Waals surface area contributed by atoms with Crippen molar-refractivity contribution in [2.24, 2.45) is 5.73 Å². The van der Waals surface area contributed by atoms with Gasteiger partial charge in [0.25, 0.3) is 5.88 Å². The van der Waals surface area contributed by atoms with Crippen molar-refractivity contribution in [3.05, 3.63) is 11.8 Å². The number of hydrogen-bond donors (Lipinski definition) is 1. The lowest BCUT2D eigenvalue weighted by molar-refractivity contribution is 0.324. The van der Waals surface area contributed by atoms with Gasteiger partial charge in [0.15, 0.2) is 0 Å². The molecule has 0 aliphatic heterocycles. The average Bonchev–Trinajstić information content (AvgIpc) is 2.48. The Bertz CT molecular complexity index is 233. The molecule has 0 spiro atoms. The second kappa shape index (κ2) is 4.11. The van der Waals surface area contributed by atoms with Crippen molar-refractivity contribution in [3.63, 3.8) is 0 Å². The van der Waals surface area contributed by atoms with Crippen LogP contribution in [0.4, 0.5) is 0 Å². The molecular formula is C8H14N2O2. The van der Waals surface area contributed by atoms with E-state index in [-0.39, 0.29) is 6.04 Å². The van der Waals surface area contributed by atoms with Crippen LogP contribution in [0, 0.1) is 0 Å². The number of rotatable bonds is 4. The van der Waals surface area contributed by atoms with Crippen LogP contribution in [0.3, 0.4) is 0 Å². The maximum absolute atomic E-state index is 5.59. The predicted octanol–water partition coefficient (Wildman–Crippen LogP) is 0.963. The lowest BCUT2D eigenvalue weighted by Gasteiger charge is -1.99. The zero-order chi connectivity index (χ0) is 8.97. The molecule has 68 valence electrons. The second-order valence-electron chi connectivity index (χ2n) is 2.85. The van der Waals surface area contributed by atoms with Crippen LogP contribution >= 0.6 is 0 Å². The number of hydrogen-bond acceptors (Lipinski definition) is 4. The molecule has 0 saturated carbocycles. The van der Waals surface area contributed by atoms with Gasteiger partial charge in [0, 0.05) is 18.5 Å². The number of nitrogens with two attached hydrogens (primary N) is 1. The summed E-state index contributed by atoms with van der Waals surface area (Å²) in [7, 11) is 1.56. The summed E-state index contributed by atoms with van der Waals surface area (Å²) >= 11 is 0. The summed E-state index contributed by atoms with van der Waals surface area (Å²) in [5.41, 5.74) is 5.59. The van der Waals surface area contributed by atoms with E-state index in [0.717, 1.165) is 18.6 Å². The lowest BCUT2D eigenvalue weighted by atomic mass is 10.2.